The number of hydrogen-bond donors (Lipinski definition) is 4. The van der Waals surface area contributed by atoms with Crippen LogP contribution in [-0.4, -0.2) is 29.8 Å². The van der Waals surface area contributed by atoms with Crippen LogP contribution in [0.3, 0.4) is 0 Å². The Kier molecular flexibility index (Phi) is 7.37. The second kappa shape index (κ2) is 9.52. The summed E-state index contributed by atoms with van der Waals surface area (Å²) in [6.45, 7) is 4.84. The van der Waals surface area contributed by atoms with Gasteiger partial charge in [-0.2, -0.15) is 0 Å². The summed E-state index contributed by atoms with van der Waals surface area (Å²) in [6, 6.07) is 8.39. The van der Waals surface area contributed by atoms with Crippen molar-refractivity contribution in [3.05, 3.63) is 29.8 Å². The lowest BCUT2D eigenvalue weighted by molar-refractivity contribution is 0.179. The fourth-order valence-electron chi connectivity index (χ4n) is 3.30. The van der Waals surface area contributed by atoms with E-state index in [2.05, 4.69) is 35.9 Å². The summed E-state index contributed by atoms with van der Waals surface area (Å²) in [5.41, 5.74) is 2.13. The predicted octanol–water partition coefficient (Wildman–Crippen LogP) is 3.25. The summed E-state index contributed by atoms with van der Waals surface area (Å²) >= 11 is 0. The molecular formula is C19H31N3O2. The fourth-order valence-corrected chi connectivity index (χ4v) is 3.30. The molecule has 134 valence electrons. The Morgan fingerprint density at radius 1 is 1.25 bits per heavy atom. The largest absolute Gasteiger partial charge is 0.396 e. The number of nitrogens with one attached hydrogen (secondary N) is 3. The highest BCUT2D eigenvalue weighted by atomic mass is 16.3. The first-order valence-corrected chi connectivity index (χ1v) is 9.09. The van der Waals surface area contributed by atoms with Crippen molar-refractivity contribution in [2.45, 2.75) is 64.6 Å². The number of carbonyl (C=O) groups is 1. The summed E-state index contributed by atoms with van der Waals surface area (Å²) in [4.78, 5) is 12.2. The Hall–Kier alpha value is -1.75. The second-order valence-corrected chi connectivity index (χ2v) is 7.01. The zero-order chi connectivity index (χ0) is 17.4. The van der Waals surface area contributed by atoms with Gasteiger partial charge in [0.25, 0.3) is 0 Å². The van der Waals surface area contributed by atoms with Gasteiger partial charge in [0.2, 0.25) is 0 Å². The summed E-state index contributed by atoms with van der Waals surface area (Å²) in [7, 11) is 0. The van der Waals surface area contributed by atoms with Crippen LogP contribution >= 0.6 is 0 Å². The Labute approximate surface area is 145 Å². The van der Waals surface area contributed by atoms with E-state index in [9.17, 15) is 9.90 Å². The summed E-state index contributed by atoms with van der Waals surface area (Å²) in [5.74, 6) is 0.178. The third-order valence-electron chi connectivity index (χ3n) is 4.55. The number of urea groups is 1. The fraction of sp³-hybridized carbons (Fsp3) is 0.632. The van der Waals surface area contributed by atoms with Crippen molar-refractivity contribution in [1.82, 2.24) is 10.6 Å². The summed E-state index contributed by atoms with van der Waals surface area (Å²) < 4.78 is 0. The first-order valence-electron chi connectivity index (χ1n) is 9.09. The molecule has 1 aliphatic rings. The zero-order valence-electron chi connectivity index (χ0n) is 14.8. The molecule has 0 radical (unpaired) electrons. The lowest BCUT2D eigenvalue weighted by atomic mass is 9.96. The minimum atomic E-state index is -0.150. The molecule has 0 bridgehead atoms. The number of amides is 2. The van der Waals surface area contributed by atoms with Gasteiger partial charge in [0.05, 0.1) is 0 Å². The molecule has 0 aliphatic heterocycles. The molecule has 24 heavy (non-hydrogen) atoms. The van der Waals surface area contributed by atoms with Gasteiger partial charge < -0.3 is 21.1 Å². The molecule has 5 nitrogen and oxygen atoms in total. The van der Waals surface area contributed by atoms with Gasteiger partial charge in [-0.1, -0.05) is 31.4 Å². The van der Waals surface area contributed by atoms with Crippen LogP contribution in [0.2, 0.25) is 0 Å². The third kappa shape index (κ3) is 6.04. The van der Waals surface area contributed by atoms with Gasteiger partial charge in [0, 0.05) is 36.8 Å². The Morgan fingerprint density at radius 2 is 2.04 bits per heavy atom. The minimum Gasteiger partial charge on any atom is -0.396 e. The molecule has 1 aromatic rings. The van der Waals surface area contributed by atoms with E-state index < -0.39 is 0 Å². The van der Waals surface area contributed by atoms with E-state index in [4.69, 9.17) is 0 Å². The predicted molar refractivity (Wildman–Crippen MR) is 98.0 cm³/mol. The van der Waals surface area contributed by atoms with Gasteiger partial charge in [-0.15, -0.1) is 0 Å². The lowest BCUT2D eigenvalue weighted by Gasteiger charge is -2.24. The molecule has 2 unspecified atom stereocenters. The molecule has 1 aromatic carbocycles. The van der Waals surface area contributed by atoms with Crippen LogP contribution in [0.4, 0.5) is 10.5 Å². The van der Waals surface area contributed by atoms with Gasteiger partial charge in [0.1, 0.15) is 0 Å². The molecule has 0 heterocycles. The van der Waals surface area contributed by atoms with Gasteiger partial charge in [-0.25, -0.2) is 4.79 Å². The first-order chi connectivity index (χ1) is 11.6. The molecule has 2 atom stereocenters. The van der Waals surface area contributed by atoms with Crippen LogP contribution in [0.15, 0.2) is 24.3 Å². The minimum absolute atomic E-state index is 0.0754. The van der Waals surface area contributed by atoms with Crippen molar-refractivity contribution in [1.29, 1.82) is 0 Å². The Balaban J connectivity index is 1.84. The summed E-state index contributed by atoms with van der Waals surface area (Å²) in [6.07, 6.45) is 5.38. The number of hydrogen-bond acceptors (Lipinski definition) is 3. The maximum Gasteiger partial charge on any atom is 0.315 e. The number of aliphatic hydroxyl groups is 1. The molecule has 0 spiro atoms. The van der Waals surface area contributed by atoms with Crippen LogP contribution < -0.4 is 16.0 Å². The van der Waals surface area contributed by atoms with Crippen LogP contribution in [0.25, 0.3) is 0 Å². The zero-order valence-corrected chi connectivity index (χ0v) is 14.8. The van der Waals surface area contributed by atoms with E-state index in [0.29, 0.717) is 12.6 Å². The normalized spacial score (nSPS) is 21.2. The maximum atomic E-state index is 12.2. The lowest BCUT2D eigenvalue weighted by Crippen LogP contribution is -2.45. The molecule has 4 N–H and O–H groups in total. The molecule has 2 amide bonds. The van der Waals surface area contributed by atoms with Crippen LogP contribution in [0.1, 0.15) is 51.5 Å². The molecule has 1 saturated carbocycles. The van der Waals surface area contributed by atoms with E-state index >= 15 is 0 Å². The van der Waals surface area contributed by atoms with E-state index in [0.717, 1.165) is 36.9 Å². The molecule has 5 heteroatoms. The van der Waals surface area contributed by atoms with Gasteiger partial charge in [-0.05, 0) is 44.4 Å². The van der Waals surface area contributed by atoms with Crippen LogP contribution in [0, 0.1) is 5.92 Å². The van der Waals surface area contributed by atoms with E-state index in [1.165, 1.54) is 6.42 Å². The molecule has 0 saturated heterocycles. The molecule has 1 aliphatic carbocycles. The van der Waals surface area contributed by atoms with Crippen molar-refractivity contribution in [3.8, 4) is 0 Å². The van der Waals surface area contributed by atoms with Crippen LogP contribution in [0.5, 0.6) is 0 Å². The highest BCUT2D eigenvalue weighted by Gasteiger charge is 2.24. The quantitative estimate of drug-likeness (QED) is 0.604. The number of anilines is 1. The van der Waals surface area contributed by atoms with Gasteiger partial charge in [-0.3, -0.25) is 0 Å². The monoisotopic (exact) mass is 333 g/mol. The van der Waals surface area contributed by atoms with E-state index in [1.54, 1.807) is 0 Å². The Morgan fingerprint density at radius 3 is 2.79 bits per heavy atom. The van der Waals surface area contributed by atoms with Gasteiger partial charge >= 0.3 is 6.03 Å². The number of rotatable bonds is 6. The standard InChI is InChI=1S/C19H31N3O2/c1-14(2)21-17-9-6-7-15(11-17)12-20-19(24)22-18-10-5-3-4-8-16(18)13-23/h6-7,9,11,14,16,18,21,23H,3-5,8,10,12-13H2,1-2H3,(H2,20,22,24). The Bertz CT molecular complexity index is 519. The number of aliphatic hydroxyl groups excluding tert-OH is 1. The average Bonchev–Trinajstić information content (AvgIpc) is 2.77. The van der Waals surface area contributed by atoms with E-state index in [1.807, 2.05) is 18.2 Å². The smallest absolute Gasteiger partial charge is 0.315 e. The SMILES string of the molecule is CC(C)Nc1cccc(CNC(=O)NC2CCCCCC2CO)c1. The summed E-state index contributed by atoms with van der Waals surface area (Å²) in [5, 5.41) is 18.9. The average molecular weight is 333 g/mol. The molecule has 0 aromatic heterocycles. The third-order valence-corrected chi connectivity index (χ3v) is 4.55. The van der Waals surface area contributed by atoms with Crippen molar-refractivity contribution < 1.29 is 9.90 Å². The first kappa shape index (κ1) is 18.6. The molecule has 2 rings (SSSR count). The van der Waals surface area contributed by atoms with Gasteiger partial charge in [0.15, 0.2) is 0 Å². The maximum absolute atomic E-state index is 12.2. The molecular weight excluding hydrogens is 302 g/mol. The van der Waals surface area contributed by atoms with Crippen molar-refractivity contribution >= 4 is 11.7 Å². The molecule has 1 fully saturated rings. The highest BCUT2D eigenvalue weighted by molar-refractivity contribution is 5.74. The van der Waals surface area contributed by atoms with Crippen molar-refractivity contribution in [3.63, 3.8) is 0 Å². The number of carbonyl (C=O) groups excluding carboxylic acids is 1. The topological polar surface area (TPSA) is 73.4 Å². The van der Waals surface area contributed by atoms with Crippen LogP contribution in [-0.2, 0) is 6.54 Å². The van der Waals surface area contributed by atoms with E-state index in [-0.39, 0.29) is 24.6 Å². The second-order valence-electron chi connectivity index (χ2n) is 7.01. The number of benzene rings is 1. The van der Waals surface area contributed by atoms with Crippen molar-refractivity contribution in [2.24, 2.45) is 5.92 Å². The highest BCUT2D eigenvalue weighted by Crippen LogP contribution is 2.23. The van der Waals surface area contributed by atoms with Crippen molar-refractivity contribution in [2.75, 3.05) is 11.9 Å².